The first-order valence-electron chi connectivity index (χ1n) is 5.73. The Morgan fingerprint density at radius 2 is 1.67 bits per heavy atom. The van der Waals surface area contributed by atoms with E-state index >= 15 is 0 Å². The first-order valence-corrected chi connectivity index (χ1v) is 6.49. The number of benzene rings is 2. The Hall–Kier alpha value is 0.311. The third-order valence-corrected chi connectivity index (χ3v) is 3.26. The van der Waals surface area contributed by atoms with Gasteiger partial charge in [-0.2, -0.15) is 0 Å². The van der Waals surface area contributed by atoms with Crippen LogP contribution < -0.4 is 61.6 Å². The molecule has 8 heteroatoms. The van der Waals surface area contributed by atoms with Gasteiger partial charge in [0, 0.05) is 15.6 Å². The van der Waals surface area contributed by atoms with E-state index in [0.717, 1.165) is 6.07 Å². The summed E-state index contributed by atoms with van der Waals surface area (Å²) in [5.41, 5.74) is -0.182. The smallest absolute Gasteiger partial charge is 0.492 e. The Bertz CT molecular complexity index is 623. The predicted molar refractivity (Wildman–Crippen MR) is 75.9 cm³/mol. The Labute approximate surface area is 173 Å². The van der Waals surface area contributed by atoms with Gasteiger partial charge in [0.2, 0.25) is 0 Å². The summed E-state index contributed by atoms with van der Waals surface area (Å²) in [6.45, 7) is -5.17. The minimum atomic E-state index is -5.11. The Balaban J connectivity index is 0.00000220. The molecule has 0 atom stereocenters. The van der Waals surface area contributed by atoms with Gasteiger partial charge in [-0.25, -0.2) is 0 Å². The SMILES string of the molecule is F[B-](F)(F)c1ccccc1OCc1ccc(Cl)cc1Cl.[K+]. The summed E-state index contributed by atoms with van der Waals surface area (Å²) < 4.78 is 43.8. The fourth-order valence-electron chi connectivity index (χ4n) is 1.68. The molecule has 0 aliphatic carbocycles. The van der Waals surface area contributed by atoms with E-state index in [9.17, 15) is 12.9 Å². The fraction of sp³-hybridized carbons (Fsp3) is 0.0769. The van der Waals surface area contributed by atoms with Crippen molar-refractivity contribution in [2.75, 3.05) is 0 Å². The zero-order valence-corrected chi connectivity index (χ0v) is 15.8. The van der Waals surface area contributed by atoms with E-state index in [2.05, 4.69) is 0 Å². The van der Waals surface area contributed by atoms with Crippen LogP contribution in [0.3, 0.4) is 0 Å². The molecule has 106 valence electrons. The van der Waals surface area contributed by atoms with Crippen molar-refractivity contribution < 1.29 is 69.1 Å². The van der Waals surface area contributed by atoms with Crippen molar-refractivity contribution in [2.24, 2.45) is 0 Å². The number of hydrogen-bond donors (Lipinski definition) is 0. The molecule has 0 saturated carbocycles. The van der Waals surface area contributed by atoms with Crippen molar-refractivity contribution in [3.63, 3.8) is 0 Å². The summed E-state index contributed by atoms with van der Waals surface area (Å²) in [6.07, 6.45) is 0. The molecule has 1 nitrogen and oxygen atoms in total. The summed E-state index contributed by atoms with van der Waals surface area (Å²) in [5.74, 6) is -0.203. The maximum atomic E-state index is 12.8. The largest absolute Gasteiger partial charge is 1.00 e. The second-order valence-electron chi connectivity index (χ2n) is 4.14. The molecule has 0 aromatic heterocycles. The molecule has 0 aliphatic rings. The van der Waals surface area contributed by atoms with Gasteiger partial charge in [-0.15, -0.1) is 0 Å². The van der Waals surface area contributed by atoms with Crippen LogP contribution in [0.4, 0.5) is 12.9 Å². The summed E-state index contributed by atoms with van der Waals surface area (Å²) in [6, 6.07) is 9.84. The molecule has 0 bridgehead atoms. The third-order valence-electron chi connectivity index (χ3n) is 2.67. The summed E-state index contributed by atoms with van der Waals surface area (Å²) in [5, 5.41) is 0.810. The molecule has 0 radical (unpaired) electrons. The van der Waals surface area contributed by atoms with Gasteiger partial charge < -0.3 is 17.7 Å². The van der Waals surface area contributed by atoms with Crippen LogP contribution in [-0.4, -0.2) is 6.98 Å². The first kappa shape index (κ1) is 19.4. The topological polar surface area (TPSA) is 9.23 Å². The van der Waals surface area contributed by atoms with Crippen LogP contribution in [0.15, 0.2) is 42.5 Å². The normalized spacial score (nSPS) is 10.9. The molecule has 0 aliphatic heterocycles. The van der Waals surface area contributed by atoms with Crippen molar-refractivity contribution in [1.82, 2.24) is 0 Å². The Kier molecular flexibility index (Phi) is 7.60. The molecule has 2 aromatic carbocycles. The summed E-state index contributed by atoms with van der Waals surface area (Å²) in [7, 11) is 0. The minimum absolute atomic E-state index is 0. The molecule has 0 fully saturated rings. The van der Waals surface area contributed by atoms with E-state index in [4.69, 9.17) is 27.9 Å². The molecule has 0 heterocycles. The van der Waals surface area contributed by atoms with Crippen molar-refractivity contribution >= 4 is 35.6 Å². The number of hydrogen-bond acceptors (Lipinski definition) is 1. The molecule has 0 N–H and O–H groups in total. The van der Waals surface area contributed by atoms with Gasteiger partial charge in [0.15, 0.2) is 0 Å². The quantitative estimate of drug-likeness (QED) is 0.755. The molecule has 0 amide bonds. The van der Waals surface area contributed by atoms with Gasteiger partial charge in [-0.05, 0) is 18.2 Å². The van der Waals surface area contributed by atoms with Crippen LogP contribution in [0, 0.1) is 0 Å². The molecular weight excluding hydrogens is 350 g/mol. The standard InChI is InChI=1S/C13H9BCl2F3O.K/c15-10-6-5-9(12(16)7-10)8-20-13-4-2-1-3-11(13)14(17,18)19;/h1-7H,8H2;/q-1;+1. The van der Waals surface area contributed by atoms with Crippen molar-refractivity contribution in [2.45, 2.75) is 6.61 Å². The monoisotopic (exact) mass is 358 g/mol. The van der Waals surface area contributed by atoms with Crippen LogP contribution >= 0.6 is 23.2 Å². The Morgan fingerprint density at radius 1 is 1.00 bits per heavy atom. The van der Waals surface area contributed by atoms with Gasteiger partial charge in [0.25, 0.3) is 0 Å². The summed E-state index contributed by atoms with van der Waals surface area (Å²) in [4.78, 5) is 0. The van der Waals surface area contributed by atoms with Crippen LogP contribution in [0.25, 0.3) is 0 Å². The molecule has 0 spiro atoms. The van der Waals surface area contributed by atoms with Crippen LogP contribution in [-0.2, 0) is 6.61 Å². The van der Waals surface area contributed by atoms with Gasteiger partial charge in [0.05, 0.1) is 5.75 Å². The van der Waals surface area contributed by atoms with Gasteiger partial charge in [-0.3, -0.25) is 0 Å². The predicted octanol–water partition coefficient (Wildman–Crippen LogP) is 1.63. The second-order valence-corrected chi connectivity index (χ2v) is 4.98. The average molecular weight is 359 g/mol. The number of para-hydroxylation sites is 1. The van der Waals surface area contributed by atoms with E-state index in [1.54, 1.807) is 12.1 Å². The molecule has 21 heavy (non-hydrogen) atoms. The minimum Gasteiger partial charge on any atom is -0.492 e. The van der Waals surface area contributed by atoms with E-state index < -0.39 is 12.4 Å². The third kappa shape index (κ3) is 5.46. The van der Waals surface area contributed by atoms with E-state index in [1.165, 1.54) is 24.3 Å². The van der Waals surface area contributed by atoms with E-state index in [0.29, 0.717) is 15.6 Å². The van der Waals surface area contributed by atoms with Gasteiger partial charge >= 0.3 is 58.4 Å². The number of halogens is 5. The average Bonchev–Trinajstić information content (AvgIpc) is 2.37. The van der Waals surface area contributed by atoms with Crippen molar-refractivity contribution in [1.29, 1.82) is 0 Å². The van der Waals surface area contributed by atoms with Gasteiger partial charge in [-0.1, -0.05) is 52.9 Å². The first-order chi connectivity index (χ1) is 9.38. The summed E-state index contributed by atoms with van der Waals surface area (Å²) >= 11 is 11.7. The van der Waals surface area contributed by atoms with Crippen molar-refractivity contribution in [3.8, 4) is 5.75 Å². The zero-order chi connectivity index (χ0) is 14.8. The van der Waals surface area contributed by atoms with E-state index in [-0.39, 0.29) is 63.7 Å². The van der Waals surface area contributed by atoms with Gasteiger partial charge in [0.1, 0.15) is 6.61 Å². The second kappa shape index (κ2) is 8.24. The maximum absolute atomic E-state index is 12.8. The van der Waals surface area contributed by atoms with Crippen LogP contribution in [0.5, 0.6) is 5.75 Å². The number of rotatable bonds is 4. The maximum Gasteiger partial charge on any atom is 1.00 e. The van der Waals surface area contributed by atoms with Crippen LogP contribution in [0.2, 0.25) is 10.0 Å². The van der Waals surface area contributed by atoms with Crippen molar-refractivity contribution in [3.05, 3.63) is 58.1 Å². The molecular formula is C13H9BCl2F3KO. The zero-order valence-electron chi connectivity index (χ0n) is 11.1. The number of ether oxygens (including phenoxy) is 1. The molecule has 0 saturated heterocycles. The molecule has 0 unspecified atom stereocenters. The Morgan fingerprint density at radius 3 is 2.29 bits per heavy atom. The van der Waals surface area contributed by atoms with E-state index in [1.807, 2.05) is 0 Å². The van der Waals surface area contributed by atoms with Crippen LogP contribution in [0.1, 0.15) is 5.56 Å². The molecule has 2 rings (SSSR count). The molecule has 2 aromatic rings. The fourth-order valence-corrected chi connectivity index (χ4v) is 2.14.